The number of nitrogens with zero attached hydrogens (tertiary/aromatic N) is 1. The number of methoxy groups -OCH3 is 4. The summed E-state index contributed by atoms with van der Waals surface area (Å²) in [5.74, 6) is 0.255. The van der Waals surface area contributed by atoms with E-state index in [1.165, 1.54) is 46.8 Å². The first kappa shape index (κ1) is 19.8. The number of hydrazone groups is 1. The van der Waals surface area contributed by atoms with E-state index in [1.54, 1.807) is 24.3 Å². The van der Waals surface area contributed by atoms with E-state index >= 15 is 0 Å². The molecule has 0 heterocycles. The molecule has 8 nitrogen and oxygen atoms in total. The molecule has 2 aromatic carbocycles. The molecule has 0 radical (unpaired) electrons. The fraction of sp³-hybridized carbons (Fsp3) is 0.211. The fourth-order valence-electron chi connectivity index (χ4n) is 2.27. The van der Waals surface area contributed by atoms with Gasteiger partial charge in [-0.2, -0.15) is 5.10 Å². The Morgan fingerprint density at radius 3 is 1.96 bits per heavy atom. The Kier molecular flexibility index (Phi) is 6.76. The van der Waals surface area contributed by atoms with Crippen LogP contribution < -0.4 is 19.6 Å². The van der Waals surface area contributed by atoms with E-state index in [2.05, 4.69) is 15.3 Å². The van der Waals surface area contributed by atoms with Crippen molar-refractivity contribution < 1.29 is 28.5 Å². The molecule has 0 atom stereocenters. The van der Waals surface area contributed by atoms with Gasteiger partial charge < -0.3 is 18.9 Å². The summed E-state index contributed by atoms with van der Waals surface area (Å²) in [5.41, 5.74) is 3.85. The number of carbonyl (C=O) groups is 2. The predicted molar refractivity (Wildman–Crippen MR) is 98.9 cm³/mol. The quantitative estimate of drug-likeness (QED) is 0.455. The zero-order valence-electron chi connectivity index (χ0n) is 15.4. The Balaban J connectivity index is 2.11. The number of nitrogens with one attached hydrogen (secondary N) is 1. The molecule has 0 aliphatic carbocycles. The average Bonchev–Trinajstić information content (AvgIpc) is 2.72. The normalized spacial score (nSPS) is 10.4. The smallest absolute Gasteiger partial charge is 0.337 e. The molecule has 2 aromatic rings. The zero-order valence-corrected chi connectivity index (χ0v) is 15.4. The summed E-state index contributed by atoms with van der Waals surface area (Å²) in [6, 6.07) is 9.62. The minimum atomic E-state index is -0.448. The summed E-state index contributed by atoms with van der Waals surface area (Å²) >= 11 is 0. The Morgan fingerprint density at radius 2 is 1.48 bits per heavy atom. The van der Waals surface area contributed by atoms with Gasteiger partial charge in [-0.05, 0) is 29.8 Å². The van der Waals surface area contributed by atoms with Gasteiger partial charge in [0.05, 0.1) is 40.2 Å². The molecule has 0 aromatic heterocycles. The third-order valence-corrected chi connectivity index (χ3v) is 3.64. The Bertz CT molecular complexity index is 821. The van der Waals surface area contributed by atoms with Gasteiger partial charge in [-0.1, -0.05) is 12.1 Å². The van der Waals surface area contributed by atoms with E-state index < -0.39 is 11.9 Å². The summed E-state index contributed by atoms with van der Waals surface area (Å²) in [6.07, 6.45) is 1.46. The molecule has 142 valence electrons. The van der Waals surface area contributed by atoms with Crippen molar-refractivity contribution in [2.45, 2.75) is 0 Å². The van der Waals surface area contributed by atoms with Crippen LogP contribution in [0.15, 0.2) is 41.5 Å². The SMILES string of the molecule is COC(=O)c1ccc(C=NNC(=O)c2cc(OC)c(OC)c(OC)c2)cc1. The minimum absolute atomic E-state index is 0.294. The largest absolute Gasteiger partial charge is 0.493 e. The van der Waals surface area contributed by atoms with Crippen LogP contribution in [0.4, 0.5) is 0 Å². The maximum atomic E-state index is 12.3. The second-order valence-corrected chi connectivity index (χ2v) is 5.23. The van der Waals surface area contributed by atoms with Crippen LogP contribution in [-0.4, -0.2) is 46.5 Å². The van der Waals surface area contributed by atoms with Gasteiger partial charge in [-0.25, -0.2) is 10.2 Å². The van der Waals surface area contributed by atoms with Crippen LogP contribution in [-0.2, 0) is 4.74 Å². The summed E-state index contributed by atoms with van der Waals surface area (Å²) in [7, 11) is 5.73. The number of benzene rings is 2. The number of hydrogen-bond acceptors (Lipinski definition) is 7. The molecule has 0 bridgehead atoms. The first-order chi connectivity index (χ1) is 13.0. The van der Waals surface area contributed by atoms with Gasteiger partial charge in [-0.3, -0.25) is 4.79 Å². The van der Waals surface area contributed by atoms with Crippen molar-refractivity contribution in [1.29, 1.82) is 0 Å². The number of esters is 1. The highest BCUT2D eigenvalue weighted by molar-refractivity contribution is 5.96. The maximum Gasteiger partial charge on any atom is 0.337 e. The molecule has 2 rings (SSSR count). The van der Waals surface area contributed by atoms with E-state index in [0.29, 0.717) is 33.9 Å². The molecule has 0 unspecified atom stereocenters. The number of carbonyl (C=O) groups excluding carboxylic acids is 2. The summed E-state index contributed by atoms with van der Waals surface area (Å²) in [5, 5.41) is 3.91. The van der Waals surface area contributed by atoms with Crippen molar-refractivity contribution in [3.8, 4) is 17.2 Å². The van der Waals surface area contributed by atoms with Crippen LogP contribution in [0.2, 0.25) is 0 Å². The van der Waals surface area contributed by atoms with Crippen molar-refractivity contribution in [3.05, 3.63) is 53.1 Å². The fourth-order valence-corrected chi connectivity index (χ4v) is 2.27. The lowest BCUT2D eigenvalue weighted by atomic mass is 10.1. The topological polar surface area (TPSA) is 95.5 Å². The van der Waals surface area contributed by atoms with Crippen LogP contribution in [0.3, 0.4) is 0 Å². The van der Waals surface area contributed by atoms with Crippen molar-refractivity contribution in [2.24, 2.45) is 5.10 Å². The molecule has 0 aliphatic rings. The van der Waals surface area contributed by atoms with Crippen molar-refractivity contribution in [2.75, 3.05) is 28.4 Å². The second-order valence-electron chi connectivity index (χ2n) is 5.23. The Morgan fingerprint density at radius 1 is 0.889 bits per heavy atom. The van der Waals surface area contributed by atoms with Gasteiger partial charge in [0, 0.05) is 5.56 Å². The summed E-state index contributed by atoms with van der Waals surface area (Å²) in [6.45, 7) is 0. The molecule has 0 saturated heterocycles. The van der Waals surface area contributed by atoms with Gasteiger partial charge in [0.15, 0.2) is 11.5 Å². The van der Waals surface area contributed by atoms with Crippen LogP contribution >= 0.6 is 0 Å². The van der Waals surface area contributed by atoms with Crippen LogP contribution in [0.5, 0.6) is 17.2 Å². The third-order valence-electron chi connectivity index (χ3n) is 3.64. The van der Waals surface area contributed by atoms with Crippen LogP contribution in [0.25, 0.3) is 0 Å². The highest BCUT2D eigenvalue weighted by Crippen LogP contribution is 2.38. The molecule has 0 aliphatic heterocycles. The first-order valence-corrected chi connectivity index (χ1v) is 7.85. The van der Waals surface area contributed by atoms with Gasteiger partial charge in [0.1, 0.15) is 0 Å². The average molecular weight is 372 g/mol. The van der Waals surface area contributed by atoms with Gasteiger partial charge >= 0.3 is 5.97 Å². The standard InChI is InChI=1S/C19H20N2O6/c1-24-15-9-14(10-16(25-2)17(15)26-3)18(22)21-20-11-12-5-7-13(8-6-12)19(23)27-4/h5-11H,1-4H3,(H,21,22). The molecule has 1 N–H and O–H groups in total. The Hall–Kier alpha value is -3.55. The van der Waals surface area contributed by atoms with Gasteiger partial charge in [0.25, 0.3) is 5.91 Å². The maximum absolute atomic E-state index is 12.3. The lowest BCUT2D eigenvalue weighted by Gasteiger charge is -2.13. The number of rotatable bonds is 7. The van der Waals surface area contributed by atoms with Crippen molar-refractivity contribution in [3.63, 3.8) is 0 Å². The number of hydrogen-bond donors (Lipinski definition) is 1. The molecule has 0 spiro atoms. The summed E-state index contributed by atoms with van der Waals surface area (Å²) in [4.78, 5) is 23.7. The molecular weight excluding hydrogens is 352 g/mol. The van der Waals surface area contributed by atoms with E-state index in [-0.39, 0.29) is 0 Å². The molecule has 0 saturated carbocycles. The molecule has 1 amide bonds. The zero-order chi connectivity index (χ0) is 19.8. The first-order valence-electron chi connectivity index (χ1n) is 7.85. The lowest BCUT2D eigenvalue weighted by Crippen LogP contribution is -2.18. The van der Waals surface area contributed by atoms with Crippen molar-refractivity contribution >= 4 is 18.1 Å². The third kappa shape index (κ3) is 4.75. The number of ether oxygens (including phenoxy) is 4. The van der Waals surface area contributed by atoms with Crippen LogP contribution in [0.1, 0.15) is 26.3 Å². The second kappa shape index (κ2) is 9.23. The minimum Gasteiger partial charge on any atom is -0.493 e. The Labute approximate surface area is 156 Å². The number of amides is 1. The van der Waals surface area contributed by atoms with Gasteiger partial charge in [-0.15, -0.1) is 0 Å². The van der Waals surface area contributed by atoms with Crippen LogP contribution in [0, 0.1) is 0 Å². The molecular formula is C19H20N2O6. The van der Waals surface area contributed by atoms with E-state index in [0.717, 1.165) is 0 Å². The van der Waals surface area contributed by atoms with Gasteiger partial charge in [0.2, 0.25) is 5.75 Å². The highest BCUT2D eigenvalue weighted by atomic mass is 16.5. The monoisotopic (exact) mass is 372 g/mol. The molecule has 8 heteroatoms. The molecule has 27 heavy (non-hydrogen) atoms. The van der Waals surface area contributed by atoms with E-state index in [1.807, 2.05) is 0 Å². The van der Waals surface area contributed by atoms with Crippen molar-refractivity contribution in [1.82, 2.24) is 5.43 Å². The summed E-state index contributed by atoms with van der Waals surface area (Å²) < 4.78 is 20.3. The highest BCUT2D eigenvalue weighted by Gasteiger charge is 2.16. The lowest BCUT2D eigenvalue weighted by molar-refractivity contribution is 0.0600. The van der Waals surface area contributed by atoms with E-state index in [4.69, 9.17) is 14.2 Å². The van der Waals surface area contributed by atoms with E-state index in [9.17, 15) is 9.59 Å². The predicted octanol–water partition coefficient (Wildman–Crippen LogP) is 2.26. The molecule has 0 fully saturated rings.